The summed E-state index contributed by atoms with van der Waals surface area (Å²) in [6, 6.07) is 16.9. The zero-order valence-electron chi connectivity index (χ0n) is 13.4. The maximum Gasteiger partial charge on any atom is 0.242 e. The van der Waals surface area contributed by atoms with E-state index in [1.807, 2.05) is 54.6 Å². The molecule has 7 heteroatoms. The van der Waals surface area contributed by atoms with Crippen LogP contribution in [0.25, 0.3) is 0 Å². The summed E-state index contributed by atoms with van der Waals surface area (Å²) in [4.78, 5) is 15.8. The molecule has 128 valence electrons. The van der Waals surface area contributed by atoms with Crippen molar-refractivity contribution in [3.05, 3.63) is 60.2 Å². The standard InChI is InChI=1S/C17H20N4O2.HI/c1-23-15-9-7-13(8-10-15)11-19-16(22)12-20-17(18)21-14-5-3-2-4-6-14;/h2-10H,11-12H2,1H3,(H,19,22)(H3,18,20,21);1H. The SMILES string of the molecule is COc1ccc(CNC(=O)CN=C(N)Nc2ccccc2)cc1.I. The smallest absolute Gasteiger partial charge is 0.242 e. The van der Waals surface area contributed by atoms with Crippen molar-refractivity contribution in [1.29, 1.82) is 0 Å². The van der Waals surface area contributed by atoms with Gasteiger partial charge in [-0.1, -0.05) is 30.3 Å². The normalized spacial score (nSPS) is 10.5. The van der Waals surface area contributed by atoms with E-state index >= 15 is 0 Å². The van der Waals surface area contributed by atoms with Gasteiger partial charge >= 0.3 is 0 Å². The van der Waals surface area contributed by atoms with E-state index in [4.69, 9.17) is 10.5 Å². The van der Waals surface area contributed by atoms with Gasteiger partial charge in [-0.2, -0.15) is 0 Å². The van der Waals surface area contributed by atoms with E-state index < -0.39 is 0 Å². The molecule has 1 amide bonds. The maximum atomic E-state index is 11.8. The van der Waals surface area contributed by atoms with Gasteiger partial charge in [0.1, 0.15) is 12.3 Å². The number of hydrogen-bond donors (Lipinski definition) is 3. The molecule has 0 spiro atoms. The van der Waals surface area contributed by atoms with Crippen molar-refractivity contribution in [3.63, 3.8) is 0 Å². The number of amides is 1. The van der Waals surface area contributed by atoms with Gasteiger partial charge < -0.3 is 21.1 Å². The minimum Gasteiger partial charge on any atom is -0.497 e. The Morgan fingerprint density at radius 3 is 2.42 bits per heavy atom. The summed E-state index contributed by atoms with van der Waals surface area (Å²) < 4.78 is 5.08. The number of ether oxygens (including phenoxy) is 1. The molecule has 0 fully saturated rings. The molecule has 2 aromatic rings. The molecule has 0 saturated heterocycles. The van der Waals surface area contributed by atoms with Gasteiger partial charge in [0, 0.05) is 12.2 Å². The molecule has 24 heavy (non-hydrogen) atoms. The second-order valence-corrected chi connectivity index (χ2v) is 4.82. The van der Waals surface area contributed by atoms with Crippen LogP contribution in [0.2, 0.25) is 0 Å². The van der Waals surface area contributed by atoms with Gasteiger partial charge in [0.05, 0.1) is 7.11 Å². The first kappa shape index (κ1) is 19.8. The summed E-state index contributed by atoms with van der Waals surface area (Å²) in [6.07, 6.45) is 0. The van der Waals surface area contributed by atoms with Crippen LogP contribution in [0.1, 0.15) is 5.56 Å². The molecule has 2 rings (SSSR count). The number of methoxy groups -OCH3 is 1. The van der Waals surface area contributed by atoms with Gasteiger partial charge in [-0.25, -0.2) is 4.99 Å². The van der Waals surface area contributed by atoms with Crippen molar-refractivity contribution in [2.24, 2.45) is 10.7 Å². The van der Waals surface area contributed by atoms with Crippen LogP contribution < -0.4 is 21.1 Å². The number of nitrogens with zero attached hydrogens (tertiary/aromatic N) is 1. The Kier molecular flexibility index (Phi) is 8.63. The highest BCUT2D eigenvalue weighted by molar-refractivity contribution is 14.0. The highest BCUT2D eigenvalue weighted by atomic mass is 127. The van der Waals surface area contributed by atoms with Crippen LogP contribution in [-0.2, 0) is 11.3 Å². The third-order valence-electron chi connectivity index (χ3n) is 3.09. The van der Waals surface area contributed by atoms with Gasteiger partial charge in [0.15, 0.2) is 5.96 Å². The first-order valence-electron chi connectivity index (χ1n) is 7.19. The lowest BCUT2D eigenvalue weighted by atomic mass is 10.2. The van der Waals surface area contributed by atoms with Gasteiger partial charge in [0.2, 0.25) is 5.91 Å². The number of hydrogen-bond acceptors (Lipinski definition) is 3. The number of carbonyl (C=O) groups excluding carboxylic acids is 1. The fraction of sp³-hybridized carbons (Fsp3) is 0.176. The Morgan fingerprint density at radius 2 is 1.79 bits per heavy atom. The van der Waals surface area contributed by atoms with E-state index in [2.05, 4.69) is 15.6 Å². The van der Waals surface area contributed by atoms with E-state index in [0.29, 0.717) is 6.54 Å². The Bertz CT molecular complexity index is 660. The summed E-state index contributed by atoms with van der Waals surface area (Å²) in [5, 5.41) is 5.70. The second-order valence-electron chi connectivity index (χ2n) is 4.82. The van der Waals surface area contributed by atoms with Crippen LogP contribution in [0.3, 0.4) is 0 Å². The summed E-state index contributed by atoms with van der Waals surface area (Å²) in [6.45, 7) is 0.409. The van der Waals surface area contributed by atoms with E-state index in [1.165, 1.54) is 0 Å². The number of rotatable bonds is 6. The van der Waals surface area contributed by atoms with E-state index in [9.17, 15) is 4.79 Å². The lowest BCUT2D eigenvalue weighted by Gasteiger charge is -2.07. The molecular formula is C17H21IN4O2. The van der Waals surface area contributed by atoms with E-state index in [1.54, 1.807) is 7.11 Å². The minimum absolute atomic E-state index is 0. The van der Waals surface area contributed by atoms with Crippen molar-refractivity contribution >= 4 is 41.5 Å². The maximum absolute atomic E-state index is 11.8. The molecule has 0 bridgehead atoms. The lowest BCUT2D eigenvalue weighted by Crippen LogP contribution is -2.28. The van der Waals surface area contributed by atoms with Crippen molar-refractivity contribution in [1.82, 2.24) is 5.32 Å². The second kappa shape index (κ2) is 10.5. The molecule has 6 nitrogen and oxygen atoms in total. The first-order valence-corrected chi connectivity index (χ1v) is 7.19. The molecule has 0 aromatic heterocycles. The van der Waals surface area contributed by atoms with E-state index in [0.717, 1.165) is 17.0 Å². The molecular weight excluding hydrogens is 419 g/mol. The molecule has 0 aliphatic carbocycles. The van der Waals surface area contributed by atoms with Crippen LogP contribution in [-0.4, -0.2) is 25.5 Å². The van der Waals surface area contributed by atoms with Gasteiger partial charge in [-0.3, -0.25) is 4.79 Å². The highest BCUT2D eigenvalue weighted by Gasteiger charge is 2.01. The number of nitrogens with one attached hydrogen (secondary N) is 2. The van der Waals surface area contributed by atoms with E-state index in [-0.39, 0.29) is 42.4 Å². The van der Waals surface area contributed by atoms with Crippen LogP contribution in [0.15, 0.2) is 59.6 Å². The third-order valence-corrected chi connectivity index (χ3v) is 3.09. The topological polar surface area (TPSA) is 88.7 Å². The predicted molar refractivity (Wildman–Crippen MR) is 107 cm³/mol. The number of para-hydroxylation sites is 1. The Balaban J connectivity index is 0.00000288. The third kappa shape index (κ3) is 6.86. The Morgan fingerprint density at radius 1 is 1.12 bits per heavy atom. The number of guanidine groups is 1. The Hall–Kier alpha value is -2.29. The van der Waals surface area contributed by atoms with Crippen molar-refractivity contribution in [2.75, 3.05) is 19.0 Å². The van der Waals surface area contributed by atoms with Gasteiger partial charge in [-0.05, 0) is 29.8 Å². The fourth-order valence-corrected chi connectivity index (χ4v) is 1.87. The van der Waals surface area contributed by atoms with Crippen LogP contribution in [0.5, 0.6) is 5.75 Å². The zero-order chi connectivity index (χ0) is 16.5. The molecule has 0 atom stereocenters. The number of halogens is 1. The average Bonchev–Trinajstić information content (AvgIpc) is 2.59. The first-order chi connectivity index (χ1) is 11.2. The fourth-order valence-electron chi connectivity index (χ4n) is 1.87. The number of benzene rings is 2. The number of aliphatic imine (C=N–C) groups is 1. The zero-order valence-corrected chi connectivity index (χ0v) is 15.7. The Labute approximate surface area is 158 Å². The molecule has 0 heterocycles. The number of nitrogens with two attached hydrogens (primary N) is 1. The summed E-state index contributed by atoms with van der Waals surface area (Å²) in [5.41, 5.74) is 7.55. The lowest BCUT2D eigenvalue weighted by molar-refractivity contribution is -0.119. The quantitative estimate of drug-likeness (QED) is 0.366. The van der Waals surface area contributed by atoms with Crippen molar-refractivity contribution in [2.45, 2.75) is 6.54 Å². The molecule has 4 N–H and O–H groups in total. The largest absolute Gasteiger partial charge is 0.497 e. The van der Waals surface area contributed by atoms with Crippen molar-refractivity contribution < 1.29 is 9.53 Å². The predicted octanol–water partition coefficient (Wildman–Crippen LogP) is 2.36. The molecule has 0 aliphatic rings. The molecule has 2 aromatic carbocycles. The van der Waals surface area contributed by atoms with Crippen molar-refractivity contribution in [3.8, 4) is 5.75 Å². The summed E-state index contributed by atoms with van der Waals surface area (Å²) in [7, 11) is 1.61. The average molecular weight is 440 g/mol. The van der Waals surface area contributed by atoms with Crippen LogP contribution >= 0.6 is 24.0 Å². The summed E-state index contributed by atoms with van der Waals surface area (Å²) in [5.74, 6) is 0.791. The van der Waals surface area contributed by atoms with Crippen LogP contribution in [0.4, 0.5) is 5.69 Å². The number of anilines is 1. The van der Waals surface area contributed by atoms with Gasteiger partial charge in [-0.15, -0.1) is 24.0 Å². The molecule has 0 radical (unpaired) electrons. The monoisotopic (exact) mass is 440 g/mol. The molecule has 0 saturated carbocycles. The number of carbonyl (C=O) groups is 1. The van der Waals surface area contributed by atoms with Gasteiger partial charge in [0.25, 0.3) is 0 Å². The highest BCUT2D eigenvalue weighted by Crippen LogP contribution is 2.10. The van der Waals surface area contributed by atoms with Crippen LogP contribution in [0, 0.1) is 0 Å². The molecule has 0 aliphatic heterocycles. The minimum atomic E-state index is -0.196. The molecule has 0 unspecified atom stereocenters. The summed E-state index contributed by atoms with van der Waals surface area (Å²) >= 11 is 0.